The molecular formula is C16H15ClN2O. The molecule has 102 valence electrons. The summed E-state index contributed by atoms with van der Waals surface area (Å²) < 4.78 is 0. The predicted octanol–water partition coefficient (Wildman–Crippen LogP) is 3.85. The summed E-state index contributed by atoms with van der Waals surface area (Å²) in [5.41, 5.74) is -1.12. The normalized spacial score (nSPS) is 23.5. The minimum Gasteiger partial charge on any atom is -0.294 e. The lowest BCUT2D eigenvalue weighted by Crippen LogP contribution is -2.14. The minimum atomic E-state index is -1.23. The fourth-order valence-corrected chi connectivity index (χ4v) is 3.29. The van der Waals surface area contributed by atoms with Crippen LogP contribution in [0.25, 0.3) is 0 Å². The lowest BCUT2D eigenvalue weighted by molar-refractivity contribution is 0.0945. The van der Waals surface area contributed by atoms with Gasteiger partial charge in [-0.05, 0) is 17.5 Å². The van der Waals surface area contributed by atoms with E-state index in [1.807, 2.05) is 20.8 Å². The lowest BCUT2D eigenvalue weighted by atomic mass is 9.85. The molecule has 0 spiro atoms. The van der Waals surface area contributed by atoms with Crippen LogP contribution in [-0.2, 0) is 0 Å². The van der Waals surface area contributed by atoms with Gasteiger partial charge in [0, 0.05) is 11.5 Å². The molecule has 1 aliphatic rings. The molecule has 0 amide bonds. The highest BCUT2D eigenvalue weighted by Crippen LogP contribution is 2.66. The van der Waals surface area contributed by atoms with Gasteiger partial charge in [0.2, 0.25) is 0 Å². The zero-order valence-corrected chi connectivity index (χ0v) is 12.4. The van der Waals surface area contributed by atoms with E-state index >= 15 is 0 Å². The van der Waals surface area contributed by atoms with Gasteiger partial charge in [0.1, 0.15) is 0 Å². The number of carbonyl (C=O) groups is 1. The fourth-order valence-electron chi connectivity index (χ4n) is 3.06. The van der Waals surface area contributed by atoms with Crippen LogP contribution in [0.4, 0.5) is 0 Å². The van der Waals surface area contributed by atoms with Gasteiger partial charge in [-0.1, -0.05) is 44.5 Å². The van der Waals surface area contributed by atoms with Crippen molar-refractivity contribution in [3.63, 3.8) is 0 Å². The van der Waals surface area contributed by atoms with Gasteiger partial charge in [0.15, 0.2) is 11.2 Å². The van der Waals surface area contributed by atoms with E-state index in [9.17, 15) is 15.3 Å². The van der Waals surface area contributed by atoms with Crippen LogP contribution in [0.15, 0.2) is 24.3 Å². The van der Waals surface area contributed by atoms with Crippen molar-refractivity contribution < 1.29 is 4.79 Å². The van der Waals surface area contributed by atoms with Crippen molar-refractivity contribution in [2.24, 2.45) is 22.7 Å². The third-order valence-electron chi connectivity index (χ3n) is 3.93. The summed E-state index contributed by atoms with van der Waals surface area (Å²) in [6, 6.07) is 10.9. The highest BCUT2D eigenvalue weighted by Gasteiger charge is 2.73. The van der Waals surface area contributed by atoms with Crippen LogP contribution in [-0.4, -0.2) is 5.78 Å². The fraction of sp³-hybridized carbons (Fsp3) is 0.438. The van der Waals surface area contributed by atoms with Crippen molar-refractivity contribution in [2.75, 3.05) is 0 Å². The predicted molar refractivity (Wildman–Crippen MR) is 75.9 cm³/mol. The van der Waals surface area contributed by atoms with E-state index in [-0.39, 0.29) is 17.1 Å². The average Bonchev–Trinajstić information content (AvgIpc) is 3.08. The van der Waals surface area contributed by atoms with Crippen molar-refractivity contribution in [3.05, 3.63) is 34.9 Å². The number of carbonyl (C=O) groups excluding carboxylic acids is 1. The number of hydrogen-bond acceptors (Lipinski definition) is 3. The molecule has 2 rings (SSSR count). The second-order valence-electron chi connectivity index (χ2n) is 6.26. The number of Topliss-reactive ketones (excluding diaryl/α,β-unsaturated/α-hetero) is 1. The molecule has 0 aliphatic heterocycles. The molecule has 1 aromatic carbocycles. The summed E-state index contributed by atoms with van der Waals surface area (Å²) in [4.78, 5) is 12.6. The highest BCUT2D eigenvalue weighted by molar-refractivity contribution is 6.34. The number of nitrogens with zero attached hydrogens (tertiary/aromatic N) is 2. The second kappa shape index (κ2) is 4.62. The molecule has 0 unspecified atom stereocenters. The third-order valence-corrected chi connectivity index (χ3v) is 4.26. The largest absolute Gasteiger partial charge is 0.294 e. The smallest absolute Gasteiger partial charge is 0.170 e. The highest BCUT2D eigenvalue weighted by atomic mass is 35.5. The Bertz CT molecular complexity index is 632. The van der Waals surface area contributed by atoms with E-state index in [1.54, 1.807) is 24.3 Å². The summed E-state index contributed by atoms with van der Waals surface area (Å²) >= 11 is 6.05. The quantitative estimate of drug-likeness (QED) is 0.776. The standard InChI is InChI=1S/C16H15ClN2O/c1-15(2,3)14-12(16(14,8-18)9-19)13(20)10-6-4-5-7-11(10)17/h4-7,12,14H,1-3H3/t12-,14+/m0/s1. The van der Waals surface area contributed by atoms with Gasteiger partial charge >= 0.3 is 0 Å². The SMILES string of the molecule is CC(C)(C)[C@H]1[C@H](C(=O)c2ccccc2Cl)C1(C#N)C#N. The van der Waals surface area contributed by atoms with Gasteiger partial charge in [-0.3, -0.25) is 4.79 Å². The van der Waals surface area contributed by atoms with Crippen molar-refractivity contribution in [3.8, 4) is 12.1 Å². The Hall–Kier alpha value is -1.84. The van der Waals surface area contributed by atoms with Crippen molar-refractivity contribution in [1.29, 1.82) is 10.5 Å². The number of hydrogen-bond donors (Lipinski definition) is 0. The van der Waals surface area contributed by atoms with E-state index < -0.39 is 11.3 Å². The maximum atomic E-state index is 12.6. The summed E-state index contributed by atoms with van der Waals surface area (Å²) in [5.74, 6) is -1.08. The molecule has 1 fully saturated rings. The zero-order chi connectivity index (χ0) is 15.1. The molecule has 0 saturated heterocycles. The Morgan fingerprint density at radius 3 is 2.20 bits per heavy atom. The number of benzene rings is 1. The van der Waals surface area contributed by atoms with Crippen LogP contribution < -0.4 is 0 Å². The molecule has 1 saturated carbocycles. The first kappa shape index (κ1) is 14.6. The van der Waals surface area contributed by atoms with E-state index in [2.05, 4.69) is 12.1 Å². The Morgan fingerprint density at radius 1 is 1.25 bits per heavy atom. The molecule has 0 aromatic heterocycles. The molecule has 20 heavy (non-hydrogen) atoms. The molecule has 3 nitrogen and oxygen atoms in total. The summed E-state index contributed by atoms with van der Waals surface area (Å²) in [5, 5.41) is 19.1. The molecule has 4 heteroatoms. The maximum Gasteiger partial charge on any atom is 0.170 e. The minimum absolute atomic E-state index is 0.210. The first-order valence-corrected chi connectivity index (χ1v) is 6.78. The van der Waals surface area contributed by atoms with Gasteiger partial charge in [-0.2, -0.15) is 10.5 Å². The van der Waals surface area contributed by atoms with Crippen molar-refractivity contribution in [1.82, 2.24) is 0 Å². The molecule has 1 aliphatic carbocycles. The lowest BCUT2D eigenvalue weighted by Gasteiger charge is -2.18. The van der Waals surface area contributed by atoms with Gasteiger partial charge in [0.05, 0.1) is 23.1 Å². The topological polar surface area (TPSA) is 64.7 Å². The van der Waals surface area contributed by atoms with Gasteiger partial charge in [-0.25, -0.2) is 0 Å². The van der Waals surface area contributed by atoms with Crippen LogP contribution in [0.1, 0.15) is 31.1 Å². The maximum absolute atomic E-state index is 12.6. The Balaban J connectivity index is 2.44. The summed E-state index contributed by atoms with van der Waals surface area (Å²) in [6.07, 6.45) is 0. The third kappa shape index (κ3) is 1.99. The van der Waals surface area contributed by atoms with Crippen LogP contribution in [0.5, 0.6) is 0 Å². The monoisotopic (exact) mass is 286 g/mol. The number of nitriles is 2. The van der Waals surface area contributed by atoms with Crippen LogP contribution >= 0.6 is 11.6 Å². The van der Waals surface area contributed by atoms with E-state index in [0.29, 0.717) is 10.6 Å². The van der Waals surface area contributed by atoms with Crippen molar-refractivity contribution in [2.45, 2.75) is 20.8 Å². The second-order valence-corrected chi connectivity index (χ2v) is 6.67. The van der Waals surface area contributed by atoms with E-state index in [1.165, 1.54) is 0 Å². The van der Waals surface area contributed by atoms with Crippen LogP contribution in [0, 0.1) is 45.3 Å². The molecule has 0 bridgehead atoms. The Labute approximate surface area is 123 Å². The number of halogens is 1. The molecular weight excluding hydrogens is 272 g/mol. The van der Waals surface area contributed by atoms with Gasteiger partial charge < -0.3 is 0 Å². The van der Waals surface area contributed by atoms with E-state index in [4.69, 9.17) is 11.6 Å². The van der Waals surface area contributed by atoms with Gasteiger partial charge in [-0.15, -0.1) is 0 Å². The van der Waals surface area contributed by atoms with Crippen LogP contribution in [0.3, 0.4) is 0 Å². The summed E-state index contributed by atoms with van der Waals surface area (Å²) in [6.45, 7) is 5.84. The first-order chi connectivity index (χ1) is 9.29. The number of rotatable bonds is 2. The van der Waals surface area contributed by atoms with E-state index in [0.717, 1.165) is 0 Å². The van der Waals surface area contributed by atoms with Crippen LogP contribution in [0.2, 0.25) is 5.02 Å². The molecule has 0 N–H and O–H groups in total. The Morgan fingerprint density at radius 2 is 1.80 bits per heavy atom. The average molecular weight is 287 g/mol. The first-order valence-electron chi connectivity index (χ1n) is 6.41. The molecule has 1 aromatic rings. The molecule has 2 atom stereocenters. The zero-order valence-electron chi connectivity index (χ0n) is 11.6. The molecule has 0 radical (unpaired) electrons. The van der Waals surface area contributed by atoms with Gasteiger partial charge in [0.25, 0.3) is 0 Å². The Kier molecular flexibility index (Phi) is 3.36. The number of ketones is 1. The molecule has 0 heterocycles. The summed E-state index contributed by atoms with van der Waals surface area (Å²) in [7, 11) is 0. The van der Waals surface area contributed by atoms with Crippen molar-refractivity contribution >= 4 is 17.4 Å².